The van der Waals surface area contributed by atoms with Gasteiger partial charge in [-0.05, 0) is 45.4 Å². The molecule has 158 valence electrons. The largest absolute Gasteiger partial charge is 0.379 e. The number of hydrogen-bond acceptors (Lipinski definition) is 5. The van der Waals surface area contributed by atoms with E-state index >= 15 is 0 Å². The molecule has 0 radical (unpaired) electrons. The van der Waals surface area contributed by atoms with Crippen LogP contribution in [0.15, 0.2) is 4.99 Å². The summed E-state index contributed by atoms with van der Waals surface area (Å²) in [6.45, 7) is 16.3. The number of nitrogens with one attached hydrogen (secondary N) is 2. The lowest BCUT2D eigenvalue weighted by Gasteiger charge is -2.37. The van der Waals surface area contributed by atoms with E-state index in [1.54, 1.807) is 0 Å². The lowest BCUT2D eigenvalue weighted by Crippen LogP contribution is -2.52. The highest BCUT2D eigenvalue weighted by Gasteiger charge is 2.23. The van der Waals surface area contributed by atoms with Gasteiger partial charge in [-0.2, -0.15) is 0 Å². The number of hydrogen-bond donors (Lipinski definition) is 2. The molecule has 7 heteroatoms. The van der Waals surface area contributed by atoms with Crippen molar-refractivity contribution in [1.82, 2.24) is 25.3 Å². The summed E-state index contributed by atoms with van der Waals surface area (Å²) >= 11 is 0. The molecule has 2 fully saturated rings. The number of ether oxygens (including phenoxy) is 1. The van der Waals surface area contributed by atoms with Gasteiger partial charge in [0.15, 0.2) is 5.96 Å². The fourth-order valence-electron chi connectivity index (χ4n) is 3.95. The molecule has 1 unspecified atom stereocenters. The molecule has 0 spiro atoms. The monoisotopic (exact) mass is 382 g/mol. The number of likely N-dealkylation sites (N-methyl/N-ethyl adjacent to an activating group) is 1. The average Bonchev–Trinajstić information content (AvgIpc) is 2.88. The molecule has 2 aliphatic heterocycles. The Morgan fingerprint density at radius 3 is 2.52 bits per heavy atom. The van der Waals surface area contributed by atoms with Crippen LogP contribution < -0.4 is 10.6 Å². The summed E-state index contributed by atoms with van der Waals surface area (Å²) in [6, 6.07) is 0.515. The molecule has 0 saturated carbocycles. The molecule has 0 amide bonds. The van der Waals surface area contributed by atoms with Crippen LogP contribution in [0.25, 0.3) is 0 Å². The maximum Gasteiger partial charge on any atom is 0.191 e. The van der Waals surface area contributed by atoms with Crippen LogP contribution in [0.1, 0.15) is 26.7 Å². The van der Waals surface area contributed by atoms with Crippen molar-refractivity contribution in [3.63, 3.8) is 0 Å². The summed E-state index contributed by atoms with van der Waals surface area (Å²) in [6.07, 6.45) is 2.44. The molecule has 2 N–H and O–H groups in total. The molecule has 0 aromatic rings. The molecule has 0 aromatic carbocycles. The minimum absolute atomic E-state index is 0.515. The van der Waals surface area contributed by atoms with Gasteiger partial charge in [-0.25, -0.2) is 0 Å². The van der Waals surface area contributed by atoms with E-state index in [2.05, 4.69) is 51.2 Å². The Bertz CT molecular complexity index is 425. The van der Waals surface area contributed by atoms with Gasteiger partial charge in [-0.1, -0.05) is 13.8 Å². The molecule has 1 atom stereocenters. The molecule has 27 heavy (non-hydrogen) atoms. The molecule has 0 aliphatic carbocycles. The van der Waals surface area contributed by atoms with Crippen LogP contribution in [0.5, 0.6) is 0 Å². The summed E-state index contributed by atoms with van der Waals surface area (Å²) in [7, 11) is 4.08. The van der Waals surface area contributed by atoms with Gasteiger partial charge >= 0.3 is 0 Å². The summed E-state index contributed by atoms with van der Waals surface area (Å²) in [5.74, 6) is 1.53. The first-order valence-corrected chi connectivity index (χ1v) is 10.8. The SMILES string of the molecule is CN=C(NCCCN1CCCN(C)CC1)NCC(C(C)C)N1CCOCC1. The van der Waals surface area contributed by atoms with Gasteiger partial charge in [0.2, 0.25) is 0 Å². The zero-order chi connectivity index (χ0) is 19.5. The Hall–Kier alpha value is -0.890. The van der Waals surface area contributed by atoms with Crippen LogP contribution in [0, 0.1) is 5.92 Å². The highest BCUT2D eigenvalue weighted by Crippen LogP contribution is 2.12. The third-order valence-corrected chi connectivity index (χ3v) is 5.74. The number of rotatable bonds is 8. The van der Waals surface area contributed by atoms with E-state index in [4.69, 9.17) is 4.74 Å². The third-order valence-electron chi connectivity index (χ3n) is 5.74. The van der Waals surface area contributed by atoms with Crippen LogP contribution in [-0.4, -0.2) is 113 Å². The lowest BCUT2D eigenvalue weighted by molar-refractivity contribution is 0.00752. The lowest BCUT2D eigenvalue weighted by atomic mass is 10.0. The number of guanidine groups is 1. The van der Waals surface area contributed by atoms with Gasteiger partial charge < -0.3 is 25.2 Å². The molecular weight excluding hydrogens is 340 g/mol. The number of morpholine rings is 1. The first-order valence-electron chi connectivity index (χ1n) is 10.8. The minimum atomic E-state index is 0.515. The van der Waals surface area contributed by atoms with E-state index < -0.39 is 0 Å². The van der Waals surface area contributed by atoms with Gasteiger partial charge in [-0.3, -0.25) is 9.89 Å². The fraction of sp³-hybridized carbons (Fsp3) is 0.950. The summed E-state index contributed by atoms with van der Waals surface area (Å²) < 4.78 is 5.50. The van der Waals surface area contributed by atoms with E-state index in [9.17, 15) is 0 Å². The van der Waals surface area contributed by atoms with E-state index in [0.29, 0.717) is 12.0 Å². The van der Waals surface area contributed by atoms with E-state index in [1.807, 2.05) is 7.05 Å². The van der Waals surface area contributed by atoms with Crippen molar-refractivity contribution in [2.45, 2.75) is 32.7 Å². The second-order valence-corrected chi connectivity index (χ2v) is 8.19. The van der Waals surface area contributed by atoms with Gasteiger partial charge in [0.1, 0.15) is 0 Å². The van der Waals surface area contributed by atoms with Crippen molar-refractivity contribution in [3.8, 4) is 0 Å². The van der Waals surface area contributed by atoms with Crippen LogP contribution in [0.4, 0.5) is 0 Å². The average molecular weight is 383 g/mol. The second kappa shape index (κ2) is 12.5. The number of nitrogens with zero attached hydrogens (tertiary/aromatic N) is 4. The molecule has 2 aliphatic rings. The molecule has 0 bridgehead atoms. The molecule has 2 heterocycles. The number of aliphatic imine (C=N–C) groups is 1. The van der Waals surface area contributed by atoms with Crippen LogP contribution in [-0.2, 0) is 4.74 Å². The molecule has 2 saturated heterocycles. The Morgan fingerprint density at radius 2 is 1.81 bits per heavy atom. The van der Waals surface area contributed by atoms with Crippen molar-refractivity contribution in [2.75, 3.05) is 86.2 Å². The molecule has 7 nitrogen and oxygen atoms in total. The van der Waals surface area contributed by atoms with Crippen molar-refractivity contribution in [1.29, 1.82) is 0 Å². The molecule has 2 rings (SSSR count). The minimum Gasteiger partial charge on any atom is -0.379 e. The normalized spacial score (nSPS) is 22.6. The summed E-state index contributed by atoms with van der Waals surface area (Å²) in [4.78, 5) is 12.0. The van der Waals surface area contributed by atoms with E-state index in [-0.39, 0.29) is 0 Å². The first-order chi connectivity index (χ1) is 13.1. The first kappa shape index (κ1) is 22.4. The summed E-state index contributed by atoms with van der Waals surface area (Å²) in [5.41, 5.74) is 0. The maximum atomic E-state index is 5.50. The smallest absolute Gasteiger partial charge is 0.191 e. The molecular formula is C20H42N6O. The van der Waals surface area contributed by atoms with Gasteiger partial charge in [-0.15, -0.1) is 0 Å². The fourth-order valence-corrected chi connectivity index (χ4v) is 3.95. The van der Waals surface area contributed by atoms with Crippen molar-refractivity contribution in [2.24, 2.45) is 10.9 Å². The van der Waals surface area contributed by atoms with Crippen LogP contribution >= 0.6 is 0 Å². The standard InChI is InChI=1S/C20H42N6O/c1-18(2)19(26-13-15-27-16-14-26)17-23-20(21-3)22-7-5-9-25-10-6-8-24(4)11-12-25/h18-19H,5-17H2,1-4H3,(H2,21,22,23). The second-order valence-electron chi connectivity index (χ2n) is 8.19. The Morgan fingerprint density at radius 1 is 1.04 bits per heavy atom. The zero-order valence-corrected chi connectivity index (χ0v) is 18.0. The van der Waals surface area contributed by atoms with E-state index in [0.717, 1.165) is 51.8 Å². The van der Waals surface area contributed by atoms with E-state index in [1.165, 1.54) is 39.1 Å². The Kier molecular flexibility index (Phi) is 10.4. The summed E-state index contributed by atoms with van der Waals surface area (Å²) in [5, 5.41) is 7.03. The van der Waals surface area contributed by atoms with Gasteiger partial charge in [0.25, 0.3) is 0 Å². The van der Waals surface area contributed by atoms with Crippen molar-refractivity contribution >= 4 is 5.96 Å². The van der Waals surface area contributed by atoms with Crippen LogP contribution in [0.2, 0.25) is 0 Å². The quantitative estimate of drug-likeness (QED) is 0.363. The highest BCUT2D eigenvalue weighted by atomic mass is 16.5. The highest BCUT2D eigenvalue weighted by molar-refractivity contribution is 5.79. The Labute approximate surface area is 166 Å². The predicted octanol–water partition coefficient (Wildman–Crippen LogP) is 0.536. The van der Waals surface area contributed by atoms with Crippen LogP contribution in [0.3, 0.4) is 0 Å². The predicted molar refractivity (Wildman–Crippen MR) is 114 cm³/mol. The van der Waals surface area contributed by atoms with Gasteiger partial charge in [0.05, 0.1) is 13.2 Å². The topological polar surface area (TPSA) is 55.4 Å². The maximum absolute atomic E-state index is 5.50. The Balaban J connectivity index is 1.65. The van der Waals surface area contributed by atoms with Crippen molar-refractivity contribution in [3.05, 3.63) is 0 Å². The van der Waals surface area contributed by atoms with Gasteiger partial charge in [0, 0.05) is 52.4 Å². The zero-order valence-electron chi connectivity index (χ0n) is 18.0. The third kappa shape index (κ3) is 8.34. The molecule has 0 aromatic heterocycles. The van der Waals surface area contributed by atoms with Crippen molar-refractivity contribution < 1.29 is 4.74 Å².